The second-order valence-electron chi connectivity index (χ2n) is 4.63. The quantitative estimate of drug-likeness (QED) is 0.779. The Labute approximate surface area is 115 Å². The molecule has 0 saturated carbocycles. The molecule has 2 aromatic carbocycles. The van der Waals surface area contributed by atoms with Crippen LogP contribution in [-0.4, -0.2) is 18.3 Å². The van der Waals surface area contributed by atoms with Gasteiger partial charge in [0.05, 0.1) is 0 Å². The highest BCUT2D eigenvalue weighted by Crippen LogP contribution is 2.46. The van der Waals surface area contributed by atoms with E-state index in [2.05, 4.69) is 6.92 Å². The summed E-state index contributed by atoms with van der Waals surface area (Å²) >= 11 is 0. The van der Waals surface area contributed by atoms with Crippen molar-refractivity contribution < 1.29 is 4.57 Å². The van der Waals surface area contributed by atoms with Crippen LogP contribution in [0.25, 0.3) is 0 Å². The maximum atomic E-state index is 13.6. The first kappa shape index (κ1) is 14.0. The molecule has 0 aliphatic carbocycles. The lowest BCUT2D eigenvalue weighted by atomic mass is 10.4. The first-order valence-electron chi connectivity index (χ1n) is 6.62. The normalized spacial score (nSPS) is 11.7. The predicted molar refractivity (Wildman–Crippen MR) is 82.7 cm³/mol. The second-order valence-corrected chi connectivity index (χ2v) is 7.50. The van der Waals surface area contributed by atoms with Crippen molar-refractivity contribution in [2.75, 3.05) is 13.6 Å². The zero-order valence-corrected chi connectivity index (χ0v) is 12.4. The van der Waals surface area contributed by atoms with Gasteiger partial charge in [-0.25, -0.2) is 4.67 Å². The van der Waals surface area contributed by atoms with Crippen LogP contribution >= 0.6 is 7.29 Å². The van der Waals surface area contributed by atoms with Crippen LogP contribution in [0.4, 0.5) is 0 Å². The fourth-order valence-electron chi connectivity index (χ4n) is 2.27. The van der Waals surface area contributed by atoms with Gasteiger partial charge in [0.25, 0.3) is 0 Å². The van der Waals surface area contributed by atoms with E-state index in [1.807, 2.05) is 72.4 Å². The van der Waals surface area contributed by atoms with Crippen molar-refractivity contribution in [1.82, 2.24) is 4.67 Å². The van der Waals surface area contributed by atoms with E-state index in [9.17, 15) is 4.57 Å². The lowest BCUT2D eigenvalue weighted by Gasteiger charge is -2.28. The maximum Gasteiger partial charge on any atom is 0.206 e. The Morgan fingerprint density at radius 2 is 1.32 bits per heavy atom. The smallest absolute Gasteiger partial charge is 0.206 e. The van der Waals surface area contributed by atoms with Crippen molar-refractivity contribution in [3.63, 3.8) is 0 Å². The fraction of sp³-hybridized carbons (Fsp3) is 0.250. The summed E-state index contributed by atoms with van der Waals surface area (Å²) in [6.45, 7) is 2.93. The number of hydrogen-bond acceptors (Lipinski definition) is 1. The van der Waals surface area contributed by atoms with Crippen LogP contribution in [0.5, 0.6) is 0 Å². The van der Waals surface area contributed by atoms with Gasteiger partial charge in [0.2, 0.25) is 7.29 Å². The van der Waals surface area contributed by atoms with Crippen LogP contribution < -0.4 is 10.6 Å². The van der Waals surface area contributed by atoms with Gasteiger partial charge >= 0.3 is 0 Å². The highest BCUT2D eigenvalue weighted by Gasteiger charge is 2.31. The summed E-state index contributed by atoms with van der Waals surface area (Å²) in [6.07, 6.45) is 0.986. The Morgan fingerprint density at radius 1 is 0.895 bits per heavy atom. The third kappa shape index (κ3) is 2.80. The monoisotopic (exact) mass is 273 g/mol. The van der Waals surface area contributed by atoms with Crippen molar-refractivity contribution in [3.05, 3.63) is 60.7 Å². The Morgan fingerprint density at radius 3 is 1.68 bits per heavy atom. The Bertz CT molecular complexity index is 510. The number of nitrogens with zero attached hydrogens (tertiary/aromatic N) is 1. The van der Waals surface area contributed by atoms with Gasteiger partial charge in [-0.3, -0.25) is 4.57 Å². The first-order valence-corrected chi connectivity index (χ1v) is 8.28. The number of benzene rings is 2. The summed E-state index contributed by atoms with van der Waals surface area (Å²) < 4.78 is 15.6. The zero-order valence-electron chi connectivity index (χ0n) is 11.5. The minimum absolute atomic E-state index is 0.821. The van der Waals surface area contributed by atoms with E-state index < -0.39 is 7.29 Å². The van der Waals surface area contributed by atoms with E-state index in [0.717, 1.165) is 23.6 Å². The third-order valence-electron chi connectivity index (χ3n) is 3.24. The lowest BCUT2D eigenvalue weighted by Crippen LogP contribution is -2.30. The van der Waals surface area contributed by atoms with Gasteiger partial charge in [-0.15, -0.1) is 0 Å². The molecule has 100 valence electrons. The molecule has 0 aromatic heterocycles. The topological polar surface area (TPSA) is 20.3 Å². The molecule has 0 saturated heterocycles. The molecular formula is C16H20NOP. The minimum atomic E-state index is -2.70. The molecule has 0 fully saturated rings. The van der Waals surface area contributed by atoms with Gasteiger partial charge in [0, 0.05) is 17.2 Å². The number of hydrogen-bond donors (Lipinski definition) is 0. The SMILES string of the molecule is CCCN(C)P(=O)(c1ccccc1)c1ccccc1. The molecule has 0 unspecified atom stereocenters. The third-order valence-corrected chi connectivity index (χ3v) is 6.40. The average Bonchev–Trinajstić information content (AvgIpc) is 2.48. The molecule has 2 aromatic rings. The van der Waals surface area contributed by atoms with Crippen LogP contribution in [0.3, 0.4) is 0 Å². The molecule has 0 spiro atoms. The van der Waals surface area contributed by atoms with Crippen molar-refractivity contribution in [1.29, 1.82) is 0 Å². The summed E-state index contributed by atoms with van der Waals surface area (Å²) in [6, 6.07) is 19.5. The van der Waals surface area contributed by atoms with Gasteiger partial charge in [-0.05, 0) is 37.7 Å². The molecule has 2 nitrogen and oxygen atoms in total. The Hall–Kier alpha value is -1.37. The summed E-state index contributed by atoms with van der Waals surface area (Å²) in [5.41, 5.74) is 0. The summed E-state index contributed by atoms with van der Waals surface area (Å²) in [5.74, 6) is 0. The fourth-order valence-corrected chi connectivity index (χ4v) is 4.99. The molecule has 3 heteroatoms. The Kier molecular flexibility index (Phi) is 4.57. The molecule has 2 rings (SSSR count). The van der Waals surface area contributed by atoms with Gasteiger partial charge in [0.1, 0.15) is 0 Å². The van der Waals surface area contributed by atoms with E-state index in [1.54, 1.807) is 0 Å². The maximum absolute atomic E-state index is 13.6. The predicted octanol–water partition coefficient (Wildman–Crippen LogP) is 3.26. The Balaban J connectivity index is 2.54. The molecule has 0 amide bonds. The van der Waals surface area contributed by atoms with E-state index >= 15 is 0 Å². The molecule has 0 N–H and O–H groups in total. The summed E-state index contributed by atoms with van der Waals surface area (Å²) in [5, 5.41) is 1.80. The van der Waals surface area contributed by atoms with Gasteiger partial charge in [-0.1, -0.05) is 43.3 Å². The second kappa shape index (κ2) is 6.18. The molecule has 0 aliphatic heterocycles. The minimum Gasteiger partial charge on any atom is -0.296 e. The van der Waals surface area contributed by atoms with Crippen LogP contribution in [-0.2, 0) is 4.57 Å². The van der Waals surface area contributed by atoms with E-state index in [0.29, 0.717) is 0 Å². The molecule has 0 aliphatic rings. The summed E-state index contributed by atoms with van der Waals surface area (Å²) in [4.78, 5) is 0. The highest BCUT2D eigenvalue weighted by atomic mass is 31.2. The van der Waals surface area contributed by atoms with Crippen molar-refractivity contribution >= 4 is 17.9 Å². The molecule has 19 heavy (non-hydrogen) atoms. The van der Waals surface area contributed by atoms with E-state index in [4.69, 9.17) is 0 Å². The van der Waals surface area contributed by atoms with Crippen LogP contribution in [0.1, 0.15) is 13.3 Å². The van der Waals surface area contributed by atoms with Gasteiger partial charge < -0.3 is 0 Å². The first-order chi connectivity index (χ1) is 9.19. The molecule has 0 radical (unpaired) electrons. The highest BCUT2D eigenvalue weighted by molar-refractivity contribution is 7.76. The standard InChI is InChI=1S/C16H20NOP/c1-3-14-17(2)19(18,15-10-6-4-7-11-15)16-12-8-5-9-13-16/h4-13H,3,14H2,1-2H3. The van der Waals surface area contributed by atoms with Crippen LogP contribution in [0.2, 0.25) is 0 Å². The zero-order chi connectivity index (χ0) is 13.7. The van der Waals surface area contributed by atoms with Crippen LogP contribution in [0, 0.1) is 0 Å². The molecule has 0 bridgehead atoms. The molecule has 0 atom stereocenters. The average molecular weight is 273 g/mol. The number of rotatable bonds is 5. The van der Waals surface area contributed by atoms with Crippen molar-refractivity contribution in [2.45, 2.75) is 13.3 Å². The van der Waals surface area contributed by atoms with E-state index in [-0.39, 0.29) is 0 Å². The van der Waals surface area contributed by atoms with Crippen molar-refractivity contribution in [3.8, 4) is 0 Å². The van der Waals surface area contributed by atoms with Gasteiger partial charge in [0.15, 0.2) is 0 Å². The van der Waals surface area contributed by atoms with Crippen LogP contribution in [0.15, 0.2) is 60.7 Å². The van der Waals surface area contributed by atoms with Crippen molar-refractivity contribution in [2.24, 2.45) is 0 Å². The van der Waals surface area contributed by atoms with Gasteiger partial charge in [-0.2, -0.15) is 0 Å². The molecular weight excluding hydrogens is 253 g/mol. The van der Waals surface area contributed by atoms with E-state index in [1.165, 1.54) is 0 Å². The largest absolute Gasteiger partial charge is 0.296 e. The molecule has 0 heterocycles. The summed E-state index contributed by atoms with van der Waals surface area (Å²) in [7, 11) is -0.750. The lowest BCUT2D eigenvalue weighted by molar-refractivity contribution is 0.482.